The summed E-state index contributed by atoms with van der Waals surface area (Å²) in [5.41, 5.74) is 2.82. The Morgan fingerprint density at radius 3 is 2.66 bits per heavy atom. The number of hydrogen-bond acceptors (Lipinski definition) is 5. The fourth-order valence-corrected chi connectivity index (χ4v) is 3.55. The summed E-state index contributed by atoms with van der Waals surface area (Å²) in [5.74, 6) is 1.16. The van der Waals surface area contributed by atoms with Gasteiger partial charge in [-0.2, -0.15) is 0 Å². The van der Waals surface area contributed by atoms with Crippen LogP contribution in [0.25, 0.3) is 0 Å². The molecule has 0 atom stereocenters. The molecular formula is C21H23FN4O2S. The van der Waals surface area contributed by atoms with Crippen LogP contribution in [-0.2, 0) is 17.9 Å². The predicted molar refractivity (Wildman–Crippen MR) is 112 cm³/mol. The van der Waals surface area contributed by atoms with Crippen molar-refractivity contribution in [3.63, 3.8) is 0 Å². The van der Waals surface area contributed by atoms with E-state index < -0.39 is 0 Å². The molecular weight excluding hydrogens is 391 g/mol. The van der Waals surface area contributed by atoms with Crippen LogP contribution in [0.1, 0.15) is 23.9 Å². The predicted octanol–water partition coefficient (Wildman–Crippen LogP) is 4.36. The molecule has 0 radical (unpaired) electrons. The quantitative estimate of drug-likeness (QED) is 0.555. The lowest BCUT2D eigenvalue weighted by atomic mass is 10.1. The van der Waals surface area contributed by atoms with E-state index in [9.17, 15) is 9.18 Å². The maximum atomic E-state index is 12.9. The van der Waals surface area contributed by atoms with E-state index in [1.165, 1.54) is 41.6 Å². The number of thioether (sulfide) groups is 1. The Morgan fingerprint density at radius 1 is 1.17 bits per heavy atom. The average Bonchev–Trinajstić information content (AvgIpc) is 3.11. The molecule has 3 aromatic rings. The van der Waals surface area contributed by atoms with Crippen molar-refractivity contribution in [1.29, 1.82) is 0 Å². The van der Waals surface area contributed by atoms with E-state index in [2.05, 4.69) is 15.5 Å². The normalized spacial score (nSPS) is 10.8. The highest BCUT2D eigenvalue weighted by molar-refractivity contribution is 7.99. The lowest BCUT2D eigenvalue weighted by Crippen LogP contribution is -2.15. The fraction of sp³-hybridized carbons (Fsp3) is 0.286. The fourth-order valence-electron chi connectivity index (χ4n) is 2.73. The number of aryl methyl sites for hydroxylation is 1. The number of amides is 1. The average molecular weight is 415 g/mol. The molecule has 0 saturated carbocycles. The number of nitrogens with one attached hydrogen (secondary N) is 1. The Balaban J connectivity index is 1.59. The molecule has 0 bridgehead atoms. The lowest BCUT2D eigenvalue weighted by Gasteiger charge is -2.11. The van der Waals surface area contributed by atoms with Gasteiger partial charge in [0.2, 0.25) is 5.91 Å². The Kier molecular flexibility index (Phi) is 6.87. The van der Waals surface area contributed by atoms with Gasteiger partial charge in [-0.15, -0.1) is 10.2 Å². The van der Waals surface area contributed by atoms with Gasteiger partial charge in [0.1, 0.15) is 18.2 Å². The Bertz CT molecular complexity index is 989. The SMILES string of the molecule is CCn1c(COc2cccc(C)c2C)nnc1SCC(=O)Nc1ccc(F)cc1. The van der Waals surface area contributed by atoms with Crippen LogP contribution < -0.4 is 10.1 Å². The van der Waals surface area contributed by atoms with Gasteiger partial charge < -0.3 is 14.6 Å². The number of carbonyl (C=O) groups excluding carboxylic acids is 1. The summed E-state index contributed by atoms with van der Waals surface area (Å²) >= 11 is 1.30. The molecule has 0 unspecified atom stereocenters. The molecule has 8 heteroatoms. The Morgan fingerprint density at radius 2 is 1.93 bits per heavy atom. The molecule has 6 nitrogen and oxygen atoms in total. The van der Waals surface area contributed by atoms with Gasteiger partial charge in [-0.25, -0.2) is 4.39 Å². The summed E-state index contributed by atoms with van der Waals surface area (Å²) < 4.78 is 20.8. The number of halogens is 1. The summed E-state index contributed by atoms with van der Waals surface area (Å²) in [6.07, 6.45) is 0. The van der Waals surface area contributed by atoms with Gasteiger partial charge in [-0.05, 0) is 62.2 Å². The summed E-state index contributed by atoms with van der Waals surface area (Å²) in [5, 5.41) is 11.8. The second-order valence-electron chi connectivity index (χ2n) is 6.47. The molecule has 0 aliphatic carbocycles. The highest BCUT2D eigenvalue weighted by Crippen LogP contribution is 2.23. The highest BCUT2D eigenvalue weighted by Gasteiger charge is 2.14. The maximum absolute atomic E-state index is 12.9. The van der Waals surface area contributed by atoms with E-state index >= 15 is 0 Å². The lowest BCUT2D eigenvalue weighted by molar-refractivity contribution is -0.113. The van der Waals surface area contributed by atoms with Crippen molar-refractivity contribution in [2.45, 2.75) is 39.1 Å². The van der Waals surface area contributed by atoms with Crippen molar-refractivity contribution in [2.24, 2.45) is 0 Å². The van der Waals surface area contributed by atoms with Gasteiger partial charge in [-0.3, -0.25) is 4.79 Å². The zero-order chi connectivity index (χ0) is 20.8. The van der Waals surface area contributed by atoms with Crippen molar-refractivity contribution in [2.75, 3.05) is 11.1 Å². The topological polar surface area (TPSA) is 69.0 Å². The van der Waals surface area contributed by atoms with Crippen molar-refractivity contribution < 1.29 is 13.9 Å². The first kappa shape index (κ1) is 20.9. The minimum atomic E-state index is -0.343. The van der Waals surface area contributed by atoms with E-state index in [1.807, 2.05) is 43.5 Å². The molecule has 1 heterocycles. The largest absolute Gasteiger partial charge is 0.485 e. The molecule has 1 N–H and O–H groups in total. The van der Waals surface area contributed by atoms with Gasteiger partial charge in [0, 0.05) is 12.2 Å². The zero-order valence-electron chi connectivity index (χ0n) is 16.6. The van der Waals surface area contributed by atoms with Gasteiger partial charge >= 0.3 is 0 Å². The molecule has 2 aromatic carbocycles. The monoisotopic (exact) mass is 414 g/mol. The molecule has 0 aliphatic heterocycles. The number of benzene rings is 2. The minimum Gasteiger partial charge on any atom is -0.485 e. The van der Waals surface area contributed by atoms with Gasteiger partial charge in [-0.1, -0.05) is 23.9 Å². The van der Waals surface area contributed by atoms with Crippen LogP contribution in [0.3, 0.4) is 0 Å². The third-order valence-corrected chi connectivity index (χ3v) is 5.45. The van der Waals surface area contributed by atoms with E-state index in [-0.39, 0.29) is 17.5 Å². The van der Waals surface area contributed by atoms with E-state index in [0.29, 0.717) is 29.8 Å². The second-order valence-corrected chi connectivity index (χ2v) is 7.42. The first-order valence-corrected chi connectivity index (χ1v) is 10.3. The van der Waals surface area contributed by atoms with Crippen LogP contribution in [0.5, 0.6) is 5.75 Å². The molecule has 29 heavy (non-hydrogen) atoms. The van der Waals surface area contributed by atoms with Crippen LogP contribution in [0.15, 0.2) is 47.6 Å². The number of anilines is 1. The van der Waals surface area contributed by atoms with Gasteiger partial charge in [0.15, 0.2) is 11.0 Å². The van der Waals surface area contributed by atoms with E-state index in [0.717, 1.165) is 11.3 Å². The van der Waals surface area contributed by atoms with Crippen LogP contribution in [-0.4, -0.2) is 26.4 Å². The standard InChI is InChI=1S/C21H23FN4O2S/c1-4-26-19(12-28-18-7-5-6-14(2)15(18)3)24-25-21(26)29-13-20(27)23-17-10-8-16(22)9-11-17/h5-11H,4,12-13H2,1-3H3,(H,23,27). The molecule has 0 fully saturated rings. The minimum absolute atomic E-state index is 0.174. The summed E-state index contributed by atoms with van der Waals surface area (Å²) in [4.78, 5) is 12.1. The molecule has 0 aliphatic rings. The number of rotatable bonds is 8. The van der Waals surface area contributed by atoms with Crippen molar-refractivity contribution in [3.8, 4) is 5.75 Å². The number of nitrogens with zero attached hydrogens (tertiary/aromatic N) is 3. The molecule has 0 saturated heterocycles. The molecule has 0 spiro atoms. The summed E-state index contributed by atoms with van der Waals surface area (Å²) in [7, 11) is 0. The number of aromatic nitrogens is 3. The Labute approximate surface area is 173 Å². The van der Waals surface area contributed by atoms with Crippen LogP contribution in [0.2, 0.25) is 0 Å². The van der Waals surface area contributed by atoms with Gasteiger partial charge in [0.25, 0.3) is 0 Å². The third kappa shape index (κ3) is 5.35. The summed E-state index contributed by atoms with van der Waals surface area (Å²) in [6, 6.07) is 11.6. The number of hydrogen-bond donors (Lipinski definition) is 1. The summed E-state index contributed by atoms with van der Waals surface area (Å²) in [6.45, 7) is 7.03. The first-order valence-electron chi connectivity index (χ1n) is 9.27. The van der Waals surface area contributed by atoms with E-state index in [1.54, 1.807) is 0 Å². The van der Waals surface area contributed by atoms with Crippen LogP contribution >= 0.6 is 11.8 Å². The molecule has 1 aromatic heterocycles. The van der Waals surface area contributed by atoms with Crippen molar-refractivity contribution in [1.82, 2.24) is 14.8 Å². The van der Waals surface area contributed by atoms with Gasteiger partial charge in [0.05, 0.1) is 5.75 Å². The van der Waals surface area contributed by atoms with E-state index in [4.69, 9.17) is 4.74 Å². The van der Waals surface area contributed by atoms with Crippen LogP contribution in [0.4, 0.5) is 10.1 Å². The number of ether oxygens (including phenoxy) is 1. The first-order chi connectivity index (χ1) is 14.0. The molecule has 1 amide bonds. The number of carbonyl (C=O) groups is 1. The van der Waals surface area contributed by atoms with Crippen molar-refractivity contribution in [3.05, 3.63) is 65.2 Å². The zero-order valence-corrected chi connectivity index (χ0v) is 17.4. The third-order valence-electron chi connectivity index (χ3n) is 4.48. The molecule has 152 valence electrons. The van der Waals surface area contributed by atoms with Crippen LogP contribution in [0, 0.1) is 19.7 Å². The smallest absolute Gasteiger partial charge is 0.234 e. The Hall–Kier alpha value is -2.87. The molecule has 3 rings (SSSR count). The van der Waals surface area contributed by atoms with Crippen molar-refractivity contribution >= 4 is 23.4 Å². The maximum Gasteiger partial charge on any atom is 0.234 e. The second kappa shape index (κ2) is 9.56. The highest BCUT2D eigenvalue weighted by atomic mass is 32.2.